The maximum atomic E-state index is 12.2. The number of anilines is 1. The molecule has 3 rings (SSSR count). The van der Waals surface area contributed by atoms with Crippen molar-refractivity contribution in [2.24, 2.45) is 0 Å². The maximum Gasteiger partial charge on any atom is 0.271 e. The van der Waals surface area contributed by atoms with Crippen molar-refractivity contribution in [3.63, 3.8) is 0 Å². The van der Waals surface area contributed by atoms with Crippen LogP contribution in [0, 0.1) is 11.8 Å². The Labute approximate surface area is 172 Å². The number of carbonyl (C=O) groups excluding carboxylic acids is 2. The van der Waals surface area contributed by atoms with Crippen LogP contribution in [0.2, 0.25) is 0 Å². The molecule has 1 aromatic heterocycles. The summed E-state index contributed by atoms with van der Waals surface area (Å²) in [6.07, 6.45) is 0. The zero-order chi connectivity index (χ0) is 20.5. The van der Waals surface area contributed by atoms with Crippen LogP contribution in [-0.4, -0.2) is 29.9 Å². The molecule has 7 heteroatoms. The Morgan fingerprint density at radius 3 is 2.72 bits per heavy atom. The molecule has 0 aliphatic rings. The quantitative estimate of drug-likeness (QED) is 0.615. The van der Waals surface area contributed by atoms with E-state index in [9.17, 15) is 9.59 Å². The minimum atomic E-state index is -0.262. The topological polar surface area (TPSA) is 80.3 Å². The molecule has 3 aromatic rings. The molecule has 0 aliphatic carbocycles. The molecule has 29 heavy (non-hydrogen) atoms. The van der Waals surface area contributed by atoms with Crippen molar-refractivity contribution in [3.8, 4) is 28.2 Å². The summed E-state index contributed by atoms with van der Waals surface area (Å²) in [6.45, 7) is 1.82. The summed E-state index contributed by atoms with van der Waals surface area (Å²) < 4.78 is 5.52. The predicted molar refractivity (Wildman–Crippen MR) is 114 cm³/mol. The van der Waals surface area contributed by atoms with Gasteiger partial charge in [0.05, 0.1) is 6.54 Å². The molecule has 1 heterocycles. The molecule has 0 saturated heterocycles. The Morgan fingerprint density at radius 1 is 1.10 bits per heavy atom. The Kier molecular flexibility index (Phi) is 6.98. The molecule has 2 aromatic carbocycles. The molecule has 0 unspecified atom stereocenters. The van der Waals surface area contributed by atoms with E-state index in [1.54, 1.807) is 29.6 Å². The van der Waals surface area contributed by atoms with Crippen LogP contribution in [0.25, 0.3) is 10.6 Å². The van der Waals surface area contributed by atoms with Gasteiger partial charge in [-0.25, -0.2) is 4.98 Å². The molecule has 6 nitrogen and oxygen atoms in total. The number of rotatable bonds is 6. The number of carbonyl (C=O) groups is 2. The Hall–Kier alpha value is -3.63. The van der Waals surface area contributed by atoms with Crippen LogP contribution < -0.4 is 15.4 Å². The smallest absolute Gasteiger partial charge is 0.271 e. The van der Waals surface area contributed by atoms with Gasteiger partial charge in [0.2, 0.25) is 5.91 Å². The maximum absolute atomic E-state index is 12.2. The van der Waals surface area contributed by atoms with Crippen LogP contribution >= 0.6 is 11.3 Å². The van der Waals surface area contributed by atoms with Crippen molar-refractivity contribution in [1.82, 2.24) is 10.3 Å². The molecule has 0 bridgehead atoms. The minimum absolute atomic E-state index is 0.145. The Bertz CT molecular complexity index is 1050. The molecule has 0 spiro atoms. The number of nitrogens with one attached hydrogen (secondary N) is 2. The van der Waals surface area contributed by atoms with Gasteiger partial charge in [0, 0.05) is 29.6 Å². The van der Waals surface area contributed by atoms with E-state index in [1.807, 2.05) is 30.3 Å². The number of hydrogen-bond donors (Lipinski definition) is 2. The average molecular weight is 405 g/mol. The first-order valence-corrected chi connectivity index (χ1v) is 9.75. The number of aromatic nitrogens is 1. The van der Waals surface area contributed by atoms with E-state index in [4.69, 9.17) is 4.74 Å². The largest absolute Gasteiger partial charge is 0.481 e. The second-order valence-corrected chi connectivity index (χ2v) is 6.80. The third kappa shape index (κ3) is 6.19. The molecule has 2 N–H and O–H groups in total. The molecule has 146 valence electrons. The van der Waals surface area contributed by atoms with E-state index >= 15 is 0 Å². The molecular weight excluding hydrogens is 386 g/mol. The van der Waals surface area contributed by atoms with Gasteiger partial charge in [-0.3, -0.25) is 9.59 Å². The van der Waals surface area contributed by atoms with Crippen molar-refractivity contribution < 1.29 is 14.3 Å². The summed E-state index contributed by atoms with van der Waals surface area (Å²) in [6, 6.07) is 16.8. The fraction of sp³-hybridized carbons (Fsp3) is 0.136. The third-order valence-electron chi connectivity index (χ3n) is 3.69. The van der Waals surface area contributed by atoms with Gasteiger partial charge in [-0.1, -0.05) is 48.2 Å². The summed E-state index contributed by atoms with van der Waals surface area (Å²) in [5.41, 5.74) is 2.02. The van der Waals surface area contributed by atoms with Crippen molar-refractivity contribution >= 4 is 28.8 Å². The highest BCUT2D eigenvalue weighted by molar-refractivity contribution is 7.13. The number of benzene rings is 2. The summed E-state index contributed by atoms with van der Waals surface area (Å²) in [5.74, 6) is 5.88. The van der Waals surface area contributed by atoms with Crippen LogP contribution in [0.1, 0.15) is 17.4 Å². The van der Waals surface area contributed by atoms with Crippen molar-refractivity contribution in [3.05, 3.63) is 65.7 Å². The molecule has 0 saturated carbocycles. The van der Waals surface area contributed by atoms with Gasteiger partial charge in [-0.2, -0.15) is 0 Å². The van der Waals surface area contributed by atoms with E-state index in [0.717, 1.165) is 10.6 Å². The average Bonchev–Trinajstić information content (AvgIpc) is 3.21. The minimum Gasteiger partial charge on any atom is -0.481 e. The lowest BCUT2D eigenvalue weighted by Crippen LogP contribution is -2.23. The molecule has 0 fully saturated rings. The normalized spacial score (nSPS) is 9.83. The standard InChI is InChI=1S/C22H19N3O3S/c1-16(26)24-18-10-7-11-19(14-18)28-13-6-5-12-23-21(27)20-15-29-22(25-20)17-8-3-2-4-9-17/h2-4,7-11,14-15H,12-13H2,1H3,(H,23,27)(H,24,26). The fourth-order valence-corrected chi connectivity index (χ4v) is 3.21. The van der Waals surface area contributed by atoms with Gasteiger partial charge in [0.25, 0.3) is 5.91 Å². The fourth-order valence-electron chi connectivity index (χ4n) is 2.41. The zero-order valence-electron chi connectivity index (χ0n) is 15.8. The zero-order valence-corrected chi connectivity index (χ0v) is 16.6. The predicted octanol–water partition coefficient (Wildman–Crippen LogP) is 3.58. The third-order valence-corrected chi connectivity index (χ3v) is 4.58. The summed E-state index contributed by atoms with van der Waals surface area (Å²) in [4.78, 5) is 27.6. The first-order valence-electron chi connectivity index (χ1n) is 8.87. The van der Waals surface area contributed by atoms with Gasteiger partial charge in [0.15, 0.2) is 0 Å². The lowest BCUT2D eigenvalue weighted by molar-refractivity contribution is -0.114. The summed E-state index contributed by atoms with van der Waals surface area (Å²) >= 11 is 1.43. The first kappa shape index (κ1) is 20.1. The van der Waals surface area contributed by atoms with E-state index in [1.165, 1.54) is 18.3 Å². The van der Waals surface area contributed by atoms with E-state index < -0.39 is 0 Å². The van der Waals surface area contributed by atoms with Gasteiger partial charge in [0.1, 0.15) is 23.1 Å². The van der Waals surface area contributed by atoms with E-state index in [-0.39, 0.29) is 25.0 Å². The number of nitrogens with zero attached hydrogens (tertiary/aromatic N) is 1. The number of ether oxygens (including phenoxy) is 1. The van der Waals surface area contributed by atoms with Crippen LogP contribution in [-0.2, 0) is 4.79 Å². The van der Waals surface area contributed by atoms with Crippen LogP contribution in [0.4, 0.5) is 5.69 Å². The summed E-state index contributed by atoms with van der Waals surface area (Å²) in [7, 11) is 0. The molecule has 0 atom stereocenters. The second-order valence-electron chi connectivity index (χ2n) is 5.94. The van der Waals surface area contributed by atoms with Gasteiger partial charge >= 0.3 is 0 Å². The van der Waals surface area contributed by atoms with Gasteiger partial charge in [-0.15, -0.1) is 11.3 Å². The highest BCUT2D eigenvalue weighted by atomic mass is 32.1. The molecule has 0 radical (unpaired) electrons. The first-order chi connectivity index (χ1) is 14.1. The summed E-state index contributed by atoms with van der Waals surface area (Å²) in [5, 5.41) is 7.95. The van der Waals surface area contributed by atoms with Crippen LogP contribution in [0.5, 0.6) is 5.75 Å². The van der Waals surface area contributed by atoms with Gasteiger partial charge < -0.3 is 15.4 Å². The molecule has 2 amide bonds. The van der Waals surface area contributed by atoms with Crippen molar-refractivity contribution in [2.75, 3.05) is 18.5 Å². The van der Waals surface area contributed by atoms with Crippen molar-refractivity contribution in [1.29, 1.82) is 0 Å². The van der Waals surface area contributed by atoms with Crippen LogP contribution in [0.3, 0.4) is 0 Å². The highest BCUT2D eigenvalue weighted by Gasteiger charge is 2.10. The number of hydrogen-bond acceptors (Lipinski definition) is 5. The molecular formula is C22H19N3O3S. The lowest BCUT2D eigenvalue weighted by Gasteiger charge is -2.05. The lowest BCUT2D eigenvalue weighted by atomic mass is 10.2. The Morgan fingerprint density at radius 2 is 1.93 bits per heavy atom. The van der Waals surface area contributed by atoms with Crippen molar-refractivity contribution in [2.45, 2.75) is 6.92 Å². The number of thiazole rings is 1. The monoisotopic (exact) mass is 405 g/mol. The highest BCUT2D eigenvalue weighted by Crippen LogP contribution is 2.23. The molecule has 0 aliphatic heterocycles. The van der Waals surface area contributed by atoms with Gasteiger partial charge in [-0.05, 0) is 12.1 Å². The number of amides is 2. The SMILES string of the molecule is CC(=O)Nc1cccc(OCC#CCNC(=O)c2csc(-c3ccccc3)n2)c1. The second kappa shape index (κ2) is 10.1. The Balaban J connectivity index is 1.44. The van der Waals surface area contributed by atoms with E-state index in [2.05, 4.69) is 27.5 Å². The van der Waals surface area contributed by atoms with Crippen LogP contribution in [0.15, 0.2) is 60.0 Å². The van der Waals surface area contributed by atoms with E-state index in [0.29, 0.717) is 17.1 Å².